The first-order chi connectivity index (χ1) is 10.7. The van der Waals surface area contributed by atoms with Crippen molar-refractivity contribution in [2.24, 2.45) is 0 Å². The lowest BCUT2D eigenvalue weighted by Gasteiger charge is -2.32. The number of carbonyl (C=O) groups excluding carboxylic acids is 1. The minimum Gasteiger partial charge on any atom is -0.366 e. The third-order valence-electron chi connectivity index (χ3n) is 3.84. The van der Waals surface area contributed by atoms with Crippen LogP contribution in [0.15, 0.2) is 30.3 Å². The minimum atomic E-state index is -0.353. The van der Waals surface area contributed by atoms with Crippen LogP contribution in [0.2, 0.25) is 0 Å². The third-order valence-corrected chi connectivity index (χ3v) is 4.48. The summed E-state index contributed by atoms with van der Waals surface area (Å²) in [6, 6.07) is 10.6. The highest BCUT2D eigenvalue weighted by Gasteiger charge is 2.27. The van der Waals surface area contributed by atoms with Gasteiger partial charge in [-0.1, -0.05) is 30.3 Å². The molecule has 0 saturated carbocycles. The summed E-state index contributed by atoms with van der Waals surface area (Å²) in [6.07, 6.45) is 2.72. The van der Waals surface area contributed by atoms with Crippen molar-refractivity contribution >= 4 is 17.7 Å². The van der Waals surface area contributed by atoms with Gasteiger partial charge in [-0.05, 0) is 30.9 Å². The Balaban J connectivity index is 1.81. The largest absolute Gasteiger partial charge is 0.366 e. The maximum absolute atomic E-state index is 12.3. The first-order valence-corrected chi connectivity index (χ1v) is 9.25. The minimum absolute atomic E-state index is 0.0198. The molecule has 1 aliphatic heterocycles. The molecule has 122 valence electrons. The van der Waals surface area contributed by atoms with Crippen LogP contribution in [0.3, 0.4) is 0 Å². The molecule has 2 rings (SSSR count). The molecular formula is C17H26N2O2S. The van der Waals surface area contributed by atoms with E-state index < -0.39 is 0 Å². The standard InChI is InChI=1S/C17H26N2O2S/c1-14(8-11-22-2)18-17(20)16-13-19(9-10-21-16)12-15-6-4-3-5-7-15/h3-7,14,16H,8-13H2,1-2H3,(H,18,20). The summed E-state index contributed by atoms with van der Waals surface area (Å²) in [7, 11) is 0. The average Bonchev–Trinajstić information content (AvgIpc) is 2.54. The Morgan fingerprint density at radius 2 is 2.23 bits per heavy atom. The van der Waals surface area contributed by atoms with Crippen molar-refractivity contribution in [3.8, 4) is 0 Å². The molecule has 0 aliphatic carbocycles. The lowest BCUT2D eigenvalue weighted by Crippen LogP contribution is -2.51. The van der Waals surface area contributed by atoms with Gasteiger partial charge in [0.05, 0.1) is 6.61 Å². The van der Waals surface area contributed by atoms with Gasteiger partial charge in [-0.2, -0.15) is 11.8 Å². The van der Waals surface area contributed by atoms with Crippen molar-refractivity contribution in [3.63, 3.8) is 0 Å². The zero-order chi connectivity index (χ0) is 15.8. The zero-order valence-corrected chi connectivity index (χ0v) is 14.3. The third kappa shape index (κ3) is 5.63. The first-order valence-electron chi connectivity index (χ1n) is 7.86. The van der Waals surface area contributed by atoms with Gasteiger partial charge in [-0.3, -0.25) is 9.69 Å². The van der Waals surface area contributed by atoms with Gasteiger partial charge < -0.3 is 10.1 Å². The molecule has 1 fully saturated rings. The number of carbonyl (C=O) groups is 1. The molecule has 2 unspecified atom stereocenters. The van der Waals surface area contributed by atoms with Crippen LogP contribution in [0.4, 0.5) is 0 Å². The SMILES string of the molecule is CSCCC(C)NC(=O)C1CN(Cc2ccccc2)CCO1. The number of ether oxygens (including phenoxy) is 1. The topological polar surface area (TPSA) is 41.6 Å². The second-order valence-corrected chi connectivity index (χ2v) is 6.76. The number of morpholine rings is 1. The Morgan fingerprint density at radius 1 is 1.45 bits per heavy atom. The fourth-order valence-corrected chi connectivity index (χ4v) is 3.14. The van der Waals surface area contributed by atoms with Crippen LogP contribution in [-0.2, 0) is 16.1 Å². The van der Waals surface area contributed by atoms with Crippen LogP contribution in [0.5, 0.6) is 0 Å². The van der Waals surface area contributed by atoms with Crippen molar-refractivity contribution in [3.05, 3.63) is 35.9 Å². The first kappa shape index (κ1) is 17.3. The van der Waals surface area contributed by atoms with Gasteiger partial charge in [0, 0.05) is 25.7 Å². The fraction of sp³-hybridized carbons (Fsp3) is 0.588. The maximum Gasteiger partial charge on any atom is 0.250 e. The van der Waals surface area contributed by atoms with E-state index >= 15 is 0 Å². The summed E-state index contributed by atoms with van der Waals surface area (Å²) in [5.74, 6) is 1.08. The van der Waals surface area contributed by atoms with E-state index in [1.807, 2.05) is 18.2 Å². The van der Waals surface area contributed by atoms with Gasteiger partial charge in [0.2, 0.25) is 0 Å². The number of amides is 1. The Labute approximate surface area is 137 Å². The molecule has 1 saturated heterocycles. The monoisotopic (exact) mass is 322 g/mol. The van der Waals surface area contributed by atoms with E-state index in [1.165, 1.54) is 5.56 Å². The van der Waals surface area contributed by atoms with Gasteiger partial charge in [-0.25, -0.2) is 0 Å². The molecule has 0 bridgehead atoms. The number of nitrogens with one attached hydrogen (secondary N) is 1. The van der Waals surface area contributed by atoms with Crippen LogP contribution in [0.1, 0.15) is 18.9 Å². The summed E-state index contributed by atoms with van der Waals surface area (Å²) in [5, 5.41) is 3.06. The molecule has 1 amide bonds. The van der Waals surface area contributed by atoms with Crippen molar-refractivity contribution < 1.29 is 9.53 Å². The molecule has 22 heavy (non-hydrogen) atoms. The number of hydrogen-bond donors (Lipinski definition) is 1. The Kier molecular flexibility index (Phi) is 7.22. The average molecular weight is 322 g/mol. The zero-order valence-electron chi connectivity index (χ0n) is 13.5. The smallest absolute Gasteiger partial charge is 0.250 e. The molecule has 0 aromatic heterocycles. The van der Waals surface area contributed by atoms with Crippen LogP contribution in [0, 0.1) is 0 Å². The van der Waals surface area contributed by atoms with Crippen LogP contribution in [-0.4, -0.2) is 54.7 Å². The van der Waals surface area contributed by atoms with E-state index in [0.29, 0.717) is 13.2 Å². The van der Waals surface area contributed by atoms with E-state index in [1.54, 1.807) is 11.8 Å². The van der Waals surface area contributed by atoms with Crippen molar-refractivity contribution in [1.29, 1.82) is 0 Å². The van der Waals surface area contributed by atoms with Crippen LogP contribution >= 0.6 is 11.8 Å². The number of thioether (sulfide) groups is 1. The lowest BCUT2D eigenvalue weighted by molar-refractivity contribution is -0.139. The highest BCUT2D eigenvalue weighted by molar-refractivity contribution is 7.98. The normalized spacial score (nSPS) is 20.5. The predicted molar refractivity (Wildman–Crippen MR) is 92.1 cm³/mol. The summed E-state index contributed by atoms with van der Waals surface area (Å²) in [6.45, 7) is 5.08. The summed E-state index contributed by atoms with van der Waals surface area (Å²) < 4.78 is 5.65. The molecule has 2 atom stereocenters. The summed E-state index contributed by atoms with van der Waals surface area (Å²) in [4.78, 5) is 14.6. The molecule has 1 aliphatic rings. The Bertz CT molecular complexity index is 455. The van der Waals surface area contributed by atoms with Crippen molar-refractivity contribution in [2.75, 3.05) is 31.7 Å². The second kappa shape index (κ2) is 9.18. The quantitative estimate of drug-likeness (QED) is 0.835. The number of rotatable bonds is 7. The van der Waals surface area contributed by atoms with E-state index in [4.69, 9.17) is 4.74 Å². The molecule has 1 heterocycles. The van der Waals surface area contributed by atoms with E-state index in [2.05, 4.69) is 35.5 Å². The van der Waals surface area contributed by atoms with Gasteiger partial charge in [-0.15, -0.1) is 0 Å². The highest BCUT2D eigenvalue weighted by Crippen LogP contribution is 2.11. The highest BCUT2D eigenvalue weighted by atomic mass is 32.2. The van der Waals surface area contributed by atoms with Crippen molar-refractivity contribution in [1.82, 2.24) is 10.2 Å². The van der Waals surface area contributed by atoms with E-state index in [-0.39, 0.29) is 18.1 Å². The molecule has 1 aromatic rings. The maximum atomic E-state index is 12.3. The Morgan fingerprint density at radius 3 is 2.95 bits per heavy atom. The molecule has 1 aromatic carbocycles. The fourth-order valence-electron chi connectivity index (χ4n) is 2.55. The van der Waals surface area contributed by atoms with Gasteiger partial charge >= 0.3 is 0 Å². The number of benzene rings is 1. The van der Waals surface area contributed by atoms with Crippen LogP contribution < -0.4 is 5.32 Å². The predicted octanol–water partition coefficient (Wildman–Crippen LogP) is 2.15. The van der Waals surface area contributed by atoms with Gasteiger partial charge in [0.1, 0.15) is 6.10 Å². The summed E-state index contributed by atoms with van der Waals surface area (Å²) in [5.41, 5.74) is 1.27. The number of hydrogen-bond acceptors (Lipinski definition) is 4. The lowest BCUT2D eigenvalue weighted by atomic mass is 10.1. The van der Waals surface area contributed by atoms with Crippen molar-refractivity contribution in [2.45, 2.75) is 32.0 Å². The Hall–Kier alpha value is -1.04. The van der Waals surface area contributed by atoms with E-state index in [0.717, 1.165) is 25.3 Å². The molecule has 0 spiro atoms. The molecule has 4 nitrogen and oxygen atoms in total. The second-order valence-electron chi connectivity index (χ2n) is 5.77. The molecule has 1 N–H and O–H groups in total. The van der Waals surface area contributed by atoms with E-state index in [9.17, 15) is 4.79 Å². The molecule has 0 radical (unpaired) electrons. The molecule has 5 heteroatoms. The molecular weight excluding hydrogens is 296 g/mol. The van der Waals surface area contributed by atoms with Gasteiger partial charge in [0.25, 0.3) is 5.91 Å². The summed E-state index contributed by atoms with van der Waals surface area (Å²) >= 11 is 1.80. The van der Waals surface area contributed by atoms with Gasteiger partial charge in [0.15, 0.2) is 0 Å². The number of nitrogens with zero attached hydrogens (tertiary/aromatic N) is 1. The van der Waals surface area contributed by atoms with Crippen LogP contribution in [0.25, 0.3) is 0 Å².